The third kappa shape index (κ3) is 7.34. The van der Waals surface area contributed by atoms with Gasteiger partial charge >= 0.3 is 11.5 Å². The summed E-state index contributed by atoms with van der Waals surface area (Å²) in [6.45, 7) is 17.8. The molecule has 1 aromatic heterocycles. The van der Waals surface area contributed by atoms with Crippen molar-refractivity contribution in [1.82, 2.24) is 14.7 Å². The number of hydrogen-bond acceptors (Lipinski definition) is 4. The zero-order valence-electron chi connectivity index (χ0n) is 30.2. The number of carbonyl (C=O) groups excluding carboxylic acids is 2. The van der Waals surface area contributed by atoms with E-state index < -0.39 is 11.2 Å². The lowest BCUT2D eigenvalue weighted by atomic mass is 9.78. The van der Waals surface area contributed by atoms with Gasteiger partial charge in [0.25, 0.3) is 5.91 Å². The van der Waals surface area contributed by atoms with Gasteiger partial charge in [-0.15, -0.1) is 4.68 Å². The van der Waals surface area contributed by atoms with Gasteiger partial charge in [-0.25, -0.2) is 4.79 Å². The molecule has 0 bridgehead atoms. The molecule has 0 radical (unpaired) electrons. The summed E-state index contributed by atoms with van der Waals surface area (Å²) in [5, 5.41) is 15.9. The molecule has 2 aromatic carbocycles. The molecule has 2 amide bonds. The predicted octanol–water partition coefficient (Wildman–Crippen LogP) is 5.79. The van der Waals surface area contributed by atoms with Crippen LogP contribution in [-0.2, 0) is 33.9 Å². The Labute approximate surface area is 280 Å². The Hall–Kier alpha value is -3.88. The largest absolute Gasteiger partial charge is 0.507 e. The number of phenols is 1. The Bertz CT molecular complexity index is 1620. The molecule has 1 aliphatic rings. The Morgan fingerprint density at radius 2 is 1.51 bits per heavy atom. The van der Waals surface area contributed by atoms with Crippen molar-refractivity contribution in [3.8, 4) is 11.4 Å². The second-order valence-corrected chi connectivity index (χ2v) is 15.5. The maximum atomic E-state index is 14.6. The van der Waals surface area contributed by atoms with Crippen LogP contribution in [0.1, 0.15) is 123 Å². The van der Waals surface area contributed by atoms with Crippen molar-refractivity contribution < 1.29 is 19.4 Å². The van der Waals surface area contributed by atoms with Crippen LogP contribution < -0.4 is 20.7 Å². The molecule has 1 unspecified atom stereocenters. The van der Waals surface area contributed by atoms with Gasteiger partial charge in [0.2, 0.25) is 5.91 Å². The number of benzene rings is 2. The Morgan fingerprint density at radius 1 is 0.957 bits per heavy atom. The number of para-hydroxylation sites is 1. The van der Waals surface area contributed by atoms with E-state index in [9.17, 15) is 19.5 Å². The monoisotopic (exact) mass is 646 g/mol. The third-order valence-corrected chi connectivity index (χ3v) is 9.87. The van der Waals surface area contributed by atoms with Crippen LogP contribution in [0.5, 0.6) is 5.75 Å². The summed E-state index contributed by atoms with van der Waals surface area (Å²) in [6, 6.07) is 13.3. The van der Waals surface area contributed by atoms with Crippen LogP contribution in [0.25, 0.3) is 5.69 Å². The second kappa shape index (κ2) is 13.7. The number of aryl methyl sites for hydroxylation is 1. The maximum absolute atomic E-state index is 14.6. The molecule has 0 saturated heterocycles. The van der Waals surface area contributed by atoms with Crippen molar-refractivity contribution in [3.63, 3.8) is 0 Å². The number of rotatable bonds is 9. The number of hydrogen-bond donors (Lipinski definition) is 2. The summed E-state index contributed by atoms with van der Waals surface area (Å²) in [7, 11) is 1.78. The normalized spacial score (nSPS) is 15.7. The number of aromatic nitrogens is 3. The van der Waals surface area contributed by atoms with Crippen molar-refractivity contribution in [2.75, 3.05) is 5.01 Å². The van der Waals surface area contributed by atoms with E-state index in [1.54, 1.807) is 25.6 Å². The number of amides is 2. The van der Waals surface area contributed by atoms with E-state index in [2.05, 4.69) is 46.9 Å². The average Bonchev–Trinajstić information content (AvgIpc) is 3.23. The van der Waals surface area contributed by atoms with Crippen molar-refractivity contribution >= 4 is 11.8 Å². The van der Waals surface area contributed by atoms with E-state index in [-0.39, 0.29) is 40.9 Å². The molecule has 47 heavy (non-hydrogen) atoms. The standard InChI is InChI=1S/C38H55N5O4/c1-11-38(9,34(46)39-28-18-14-12-15-19-28)43(41-26(2)40(10)42(35(41)47)29-20-16-13-17-21-29)32(44)23-22-27-24-30(36(3,4)5)33(45)31(25-27)37(6,7)8/h13,16-17,20-21,24-25,28H,11-12,14-15,18-19,22-23H2,1-10H3,(H-,39,45,46)/p+1. The predicted molar refractivity (Wildman–Crippen MR) is 187 cm³/mol. The molecule has 1 saturated carbocycles. The third-order valence-electron chi connectivity index (χ3n) is 9.87. The molecule has 3 aromatic rings. The first kappa shape index (κ1) is 36.0. The van der Waals surface area contributed by atoms with Crippen LogP contribution in [0.4, 0.5) is 0 Å². The van der Waals surface area contributed by atoms with Gasteiger partial charge in [-0.2, -0.15) is 9.69 Å². The minimum Gasteiger partial charge on any atom is -0.507 e. The van der Waals surface area contributed by atoms with Crippen LogP contribution in [0.3, 0.4) is 0 Å². The van der Waals surface area contributed by atoms with Gasteiger partial charge in [0.15, 0.2) is 5.54 Å². The molecule has 1 aliphatic carbocycles. The van der Waals surface area contributed by atoms with Crippen molar-refractivity contribution in [3.05, 3.63) is 75.5 Å². The highest BCUT2D eigenvalue weighted by atomic mass is 16.3. The number of nitrogens with one attached hydrogen (secondary N) is 1. The summed E-state index contributed by atoms with van der Waals surface area (Å²) in [6.07, 6.45) is 5.85. The highest BCUT2D eigenvalue weighted by Gasteiger charge is 2.48. The van der Waals surface area contributed by atoms with Gasteiger partial charge in [0.05, 0.1) is 5.69 Å². The maximum Gasteiger partial charge on any atom is 0.475 e. The fraction of sp³-hybridized carbons (Fsp3) is 0.579. The van der Waals surface area contributed by atoms with Crippen molar-refractivity contribution in [1.29, 1.82) is 0 Å². The number of nitrogens with zero attached hydrogens (tertiary/aromatic N) is 4. The molecule has 9 heteroatoms. The fourth-order valence-corrected chi connectivity index (χ4v) is 6.66. The fourth-order valence-electron chi connectivity index (χ4n) is 6.66. The van der Waals surface area contributed by atoms with Crippen LogP contribution >= 0.6 is 0 Å². The van der Waals surface area contributed by atoms with Gasteiger partial charge in [0.1, 0.15) is 12.8 Å². The van der Waals surface area contributed by atoms with Gasteiger partial charge in [-0.1, -0.05) is 103 Å². The first-order chi connectivity index (χ1) is 21.9. The van der Waals surface area contributed by atoms with E-state index in [1.807, 2.05) is 49.4 Å². The lowest BCUT2D eigenvalue weighted by Crippen LogP contribution is -2.66. The number of carbonyl (C=O) groups is 2. The van der Waals surface area contributed by atoms with Gasteiger partial charge in [-0.3, -0.25) is 9.59 Å². The average molecular weight is 647 g/mol. The van der Waals surface area contributed by atoms with E-state index in [4.69, 9.17) is 0 Å². The Kier molecular flexibility index (Phi) is 10.5. The van der Waals surface area contributed by atoms with Crippen LogP contribution in [-0.4, -0.2) is 37.9 Å². The molecular weight excluding hydrogens is 590 g/mol. The van der Waals surface area contributed by atoms with Crippen LogP contribution in [0.15, 0.2) is 47.3 Å². The van der Waals surface area contributed by atoms with Gasteiger partial charge in [-0.05, 0) is 72.3 Å². The zero-order chi connectivity index (χ0) is 34.9. The van der Waals surface area contributed by atoms with Crippen molar-refractivity contribution in [2.45, 2.75) is 136 Å². The van der Waals surface area contributed by atoms with Crippen molar-refractivity contribution in [2.24, 2.45) is 7.05 Å². The summed E-state index contributed by atoms with van der Waals surface area (Å²) >= 11 is 0. The molecular formula is C38H56N5O4+. The second-order valence-electron chi connectivity index (χ2n) is 15.5. The molecule has 1 heterocycles. The minimum absolute atomic E-state index is 0.0468. The summed E-state index contributed by atoms with van der Waals surface area (Å²) in [5.41, 5.74) is 0.855. The lowest BCUT2D eigenvalue weighted by Gasteiger charge is -2.37. The Balaban J connectivity index is 1.82. The molecule has 0 spiro atoms. The van der Waals surface area contributed by atoms with E-state index in [1.165, 1.54) is 14.4 Å². The van der Waals surface area contributed by atoms with Crippen LogP contribution in [0, 0.1) is 6.92 Å². The quantitative estimate of drug-likeness (QED) is 0.288. The summed E-state index contributed by atoms with van der Waals surface area (Å²) in [4.78, 5) is 43.2. The molecule has 2 N–H and O–H groups in total. The topological polar surface area (TPSA) is 100 Å². The number of aromatic hydroxyl groups is 1. The van der Waals surface area contributed by atoms with E-state index in [0.717, 1.165) is 48.8 Å². The SMILES string of the molecule is CCC(C)(C(=O)NC1CCCCC1)N(C(=O)CCc1cc(C(C)(C)C)c(O)c(C(C)(C)C)c1)n1c(C)[n+](C)n(-c2ccccc2)c1=O. The van der Waals surface area contributed by atoms with E-state index in [0.29, 0.717) is 24.4 Å². The van der Waals surface area contributed by atoms with Gasteiger partial charge in [0, 0.05) is 19.4 Å². The molecule has 1 fully saturated rings. The highest BCUT2D eigenvalue weighted by molar-refractivity contribution is 5.98. The molecule has 4 rings (SSSR count). The first-order valence-electron chi connectivity index (χ1n) is 17.2. The molecule has 9 nitrogen and oxygen atoms in total. The lowest BCUT2D eigenvalue weighted by molar-refractivity contribution is -0.752. The molecule has 1 atom stereocenters. The summed E-state index contributed by atoms with van der Waals surface area (Å²) in [5.74, 6) is 0.228. The van der Waals surface area contributed by atoms with Gasteiger partial charge < -0.3 is 10.4 Å². The minimum atomic E-state index is -1.33. The molecule has 256 valence electrons. The Morgan fingerprint density at radius 3 is 2.02 bits per heavy atom. The van der Waals surface area contributed by atoms with Crippen LogP contribution in [0.2, 0.25) is 0 Å². The van der Waals surface area contributed by atoms with E-state index >= 15 is 0 Å². The first-order valence-corrected chi connectivity index (χ1v) is 17.2. The highest BCUT2D eigenvalue weighted by Crippen LogP contribution is 2.40. The number of phenolic OH excluding ortho intramolecular Hbond substituents is 1. The summed E-state index contributed by atoms with van der Waals surface area (Å²) < 4.78 is 4.63. The smallest absolute Gasteiger partial charge is 0.475 e. The zero-order valence-corrected chi connectivity index (χ0v) is 30.2. The molecule has 0 aliphatic heterocycles.